The molecule has 2 N–H and O–H groups in total. The first-order valence-corrected chi connectivity index (χ1v) is 5.91. The van der Waals surface area contributed by atoms with Gasteiger partial charge in [-0.1, -0.05) is 34.6 Å². The Morgan fingerprint density at radius 3 is 2.41 bits per heavy atom. The minimum atomic E-state index is -0.700. The van der Waals surface area contributed by atoms with E-state index in [4.69, 9.17) is 10.5 Å². The SMILES string of the molecule is CC(C)[C@H]1COC(=O)N1C(=O)[C@@H](N)C(C)(C)C. The van der Waals surface area contributed by atoms with Gasteiger partial charge >= 0.3 is 6.09 Å². The van der Waals surface area contributed by atoms with E-state index < -0.39 is 12.1 Å². The molecular weight excluding hydrogens is 220 g/mol. The van der Waals surface area contributed by atoms with Crippen molar-refractivity contribution in [3.8, 4) is 0 Å². The predicted molar refractivity (Wildman–Crippen MR) is 64.3 cm³/mol. The highest BCUT2D eigenvalue weighted by atomic mass is 16.6. The van der Waals surface area contributed by atoms with Crippen LogP contribution in [-0.2, 0) is 9.53 Å². The van der Waals surface area contributed by atoms with Crippen molar-refractivity contribution in [3.05, 3.63) is 0 Å². The number of nitrogens with two attached hydrogens (primary N) is 1. The summed E-state index contributed by atoms with van der Waals surface area (Å²) in [5.41, 5.74) is 5.53. The zero-order valence-corrected chi connectivity index (χ0v) is 11.2. The fourth-order valence-corrected chi connectivity index (χ4v) is 1.70. The quantitative estimate of drug-likeness (QED) is 0.793. The Hall–Kier alpha value is -1.10. The van der Waals surface area contributed by atoms with Crippen molar-refractivity contribution in [3.63, 3.8) is 0 Å². The van der Waals surface area contributed by atoms with Gasteiger partial charge in [-0.2, -0.15) is 0 Å². The average Bonchev–Trinajstić information content (AvgIpc) is 2.56. The summed E-state index contributed by atoms with van der Waals surface area (Å²) in [6.07, 6.45) is -0.576. The van der Waals surface area contributed by atoms with Crippen molar-refractivity contribution in [1.29, 1.82) is 0 Å². The van der Waals surface area contributed by atoms with Crippen LogP contribution in [0, 0.1) is 11.3 Å². The van der Waals surface area contributed by atoms with Gasteiger partial charge in [0, 0.05) is 0 Å². The van der Waals surface area contributed by atoms with Crippen LogP contribution in [0.3, 0.4) is 0 Å². The van der Waals surface area contributed by atoms with Crippen LogP contribution in [0.2, 0.25) is 0 Å². The minimum Gasteiger partial charge on any atom is -0.447 e. The molecule has 0 spiro atoms. The molecule has 0 aliphatic carbocycles. The van der Waals surface area contributed by atoms with Crippen molar-refractivity contribution >= 4 is 12.0 Å². The number of ether oxygens (including phenoxy) is 1. The van der Waals surface area contributed by atoms with E-state index in [1.54, 1.807) is 0 Å². The largest absolute Gasteiger partial charge is 0.447 e. The lowest BCUT2D eigenvalue weighted by atomic mass is 9.86. The molecule has 1 heterocycles. The Morgan fingerprint density at radius 2 is 2.00 bits per heavy atom. The number of imide groups is 1. The van der Waals surface area contributed by atoms with Crippen LogP contribution < -0.4 is 5.73 Å². The lowest BCUT2D eigenvalue weighted by Gasteiger charge is -2.31. The van der Waals surface area contributed by atoms with Gasteiger partial charge in [-0.25, -0.2) is 9.69 Å². The third-order valence-electron chi connectivity index (χ3n) is 3.11. The second kappa shape index (κ2) is 4.64. The van der Waals surface area contributed by atoms with E-state index in [2.05, 4.69) is 0 Å². The molecule has 1 saturated heterocycles. The van der Waals surface area contributed by atoms with E-state index in [-0.39, 0.29) is 29.9 Å². The molecule has 98 valence electrons. The van der Waals surface area contributed by atoms with Crippen LogP contribution in [0.25, 0.3) is 0 Å². The van der Waals surface area contributed by atoms with Gasteiger partial charge in [0.15, 0.2) is 0 Å². The lowest BCUT2D eigenvalue weighted by Crippen LogP contribution is -2.54. The van der Waals surface area contributed by atoms with Crippen molar-refractivity contribution in [2.24, 2.45) is 17.1 Å². The molecule has 1 aliphatic heterocycles. The summed E-state index contributed by atoms with van der Waals surface area (Å²) in [5, 5.41) is 0. The highest BCUT2D eigenvalue weighted by Gasteiger charge is 2.43. The Balaban J connectivity index is 2.90. The highest BCUT2D eigenvalue weighted by molar-refractivity contribution is 5.96. The zero-order chi connectivity index (χ0) is 13.4. The van der Waals surface area contributed by atoms with Gasteiger partial charge in [0.05, 0.1) is 12.1 Å². The summed E-state index contributed by atoms with van der Waals surface area (Å²) in [6.45, 7) is 9.80. The normalized spacial score (nSPS) is 22.9. The molecule has 0 aromatic rings. The molecule has 2 amide bonds. The van der Waals surface area contributed by atoms with Gasteiger partial charge in [-0.3, -0.25) is 4.79 Å². The van der Waals surface area contributed by atoms with E-state index in [9.17, 15) is 9.59 Å². The number of carbonyl (C=O) groups excluding carboxylic acids is 2. The standard InChI is InChI=1S/C12H22N2O3/c1-7(2)8-6-17-11(16)14(8)10(15)9(13)12(3,4)5/h7-9H,6,13H2,1-5H3/t8-,9-/m1/s1. The molecule has 2 atom stereocenters. The monoisotopic (exact) mass is 242 g/mol. The van der Waals surface area contributed by atoms with Crippen molar-refractivity contribution in [2.75, 3.05) is 6.61 Å². The molecule has 0 bridgehead atoms. The summed E-state index contributed by atoms with van der Waals surface area (Å²) >= 11 is 0. The minimum absolute atomic E-state index is 0.164. The third-order valence-corrected chi connectivity index (χ3v) is 3.11. The Labute approximate surface area is 102 Å². The van der Waals surface area contributed by atoms with Gasteiger partial charge in [-0.05, 0) is 11.3 Å². The topological polar surface area (TPSA) is 72.6 Å². The maximum atomic E-state index is 12.2. The maximum absolute atomic E-state index is 12.2. The van der Waals surface area contributed by atoms with E-state index in [0.717, 1.165) is 0 Å². The van der Waals surface area contributed by atoms with Gasteiger partial charge in [0.1, 0.15) is 6.61 Å². The molecular formula is C12H22N2O3. The van der Waals surface area contributed by atoms with Crippen molar-refractivity contribution < 1.29 is 14.3 Å². The van der Waals surface area contributed by atoms with Gasteiger partial charge in [0.2, 0.25) is 5.91 Å². The molecule has 0 radical (unpaired) electrons. The number of hydrogen-bond donors (Lipinski definition) is 1. The Bertz CT molecular complexity index is 320. The number of rotatable bonds is 2. The van der Waals surface area contributed by atoms with Crippen molar-refractivity contribution in [2.45, 2.75) is 46.7 Å². The highest BCUT2D eigenvalue weighted by Crippen LogP contribution is 2.25. The fourth-order valence-electron chi connectivity index (χ4n) is 1.70. The second-order valence-corrected chi connectivity index (χ2v) is 5.94. The number of cyclic esters (lactones) is 1. The molecule has 5 heteroatoms. The van der Waals surface area contributed by atoms with Crippen LogP contribution in [-0.4, -0.2) is 35.6 Å². The number of amides is 2. The maximum Gasteiger partial charge on any atom is 0.417 e. The van der Waals surface area contributed by atoms with Gasteiger partial charge < -0.3 is 10.5 Å². The van der Waals surface area contributed by atoms with E-state index in [1.807, 2.05) is 34.6 Å². The lowest BCUT2D eigenvalue weighted by molar-refractivity contribution is -0.133. The third kappa shape index (κ3) is 2.77. The molecule has 0 aromatic heterocycles. The zero-order valence-electron chi connectivity index (χ0n) is 11.2. The molecule has 17 heavy (non-hydrogen) atoms. The smallest absolute Gasteiger partial charge is 0.417 e. The Kier molecular flexibility index (Phi) is 3.81. The van der Waals surface area contributed by atoms with Crippen LogP contribution in [0.5, 0.6) is 0 Å². The summed E-state index contributed by atoms with van der Waals surface area (Å²) in [4.78, 5) is 25.0. The number of hydrogen-bond acceptors (Lipinski definition) is 4. The van der Waals surface area contributed by atoms with Crippen LogP contribution in [0.1, 0.15) is 34.6 Å². The van der Waals surface area contributed by atoms with E-state index >= 15 is 0 Å². The fraction of sp³-hybridized carbons (Fsp3) is 0.833. The van der Waals surface area contributed by atoms with E-state index in [0.29, 0.717) is 0 Å². The Morgan fingerprint density at radius 1 is 1.47 bits per heavy atom. The van der Waals surface area contributed by atoms with Gasteiger partial charge in [0.25, 0.3) is 0 Å². The van der Waals surface area contributed by atoms with Crippen LogP contribution >= 0.6 is 0 Å². The van der Waals surface area contributed by atoms with Gasteiger partial charge in [-0.15, -0.1) is 0 Å². The summed E-state index contributed by atoms with van der Waals surface area (Å²) < 4.78 is 4.93. The second-order valence-electron chi connectivity index (χ2n) is 5.94. The number of carbonyl (C=O) groups is 2. The molecule has 1 aliphatic rings. The molecule has 1 rings (SSSR count). The number of nitrogens with zero attached hydrogens (tertiary/aromatic N) is 1. The molecule has 0 aromatic carbocycles. The van der Waals surface area contributed by atoms with E-state index in [1.165, 1.54) is 4.90 Å². The molecule has 5 nitrogen and oxygen atoms in total. The van der Waals surface area contributed by atoms with Crippen LogP contribution in [0.4, 0.5) is 4.79 Å². The molecule has 0 saturated carbocycles. The predicted octanol–water partition coefficient (Wildman–Crippen LogP) is 1.36. The van der Waals surface area contributed by atoms with Crippen LogP contribution in [0.15, 0.2) is 0 Å². The van der Waals surface area contributed by atoms with Crippen molar-refractivity contribution in [1.82, 2.24) is 4.90 Å². The first-order chi connectivity index (χ1) is 7.66. The summed E-state index contributed by atoms with van der Waals surface area (Å²) in [6, 6.07) is -0.905. The average molecular weight is 242 g/mol. The summed E-state index contributed by atoms with van der Waals surface area (Å²) in [7, 11) is 0. The molecule has 1 fully saturated rings. The summed E-state index contributed by atoms with van der Waals surface area (Å²) in [5.74, 6) is -0.184. The first kappa shape index (κ1) is 14.0. The molecule has 0 unspecified atom stereocenters. The first-order valence-electron chi connectivity index (χ1n) is 5.91.